The van der Waals surface area contributed by atoms with Crippen LogP contribution in [0.5, 0.6) is 0 Å². The Morgan fingerprint density at radius 3 is 2.37 bits per heavy atom. The van der Waals surface area contributed by atoms with Crippen LogP contribution in [0.3, 0.4) is 0 Å². The lowest BCUT2D eigenvalue weighted by Crippen LogP contribution is -2.25. The number of benzene rings is 2. The minimum Gasteiger partial charge on any atom is -0.283 e. The zero-order chi connectivity index (χ0) is 19.6. The summed E-state index contributed by atoms with van der Waals surface area (Å²) in [6.07, 6.45) is 0. The molecule has 0 spiro atoms. The normalized spacial score (nSPS) is 11.2. The molecule has 0 atom stereocenters. The van der Waals surface area contributed by atoms with Crippen LogP contribution in [-0.4, -0.2) is 40.2 Å². The molecule has 3 aromatic rings. The van der Waals surface area contributed by atoms with Gasteiger partial charge in [-0.15, -0.1) is 10.2 Å². The molecule has 0 aliphatic rings. The highest BCUT2D eigenvalue weighted by atomic mass is 32.2. The van der Waals surface area contributed by atoms with Gasteiger partial charge in [-0.05, 0) is 34.5 Å². The highest BCUT2D eigenvalue weighted by molar-refractivity contribution is 7.96. The molecule has 10 nitrogen and oxygen atoms in total. The highest BCUT2D eigenvalue weighted by Gasteiger charge is 2.22. The van der Waals surface area contributed by atoms with Crippen LogP contribution < -0.4 is 10.5 Å². The van der Waals surface area contributed by atoms with Gasteiger partial charge in [0.05, 0.1) is 10.5 Å². The van der Waals surface area contributed by atoms with Gasteiger partial charge in [0.2, 0.25) is 15.8 Å². The second-order valence-corrected chi connectivity index (χ2v) is 7.23. The number of rotatable bonds is 4. The van der Waals surface area contributed by atoms with Crippen LogP contribution in [0.25, 0.3) is 22.5 Å². The van der Waals surface area contributed by atoms with Gasteiger partial charge in [-0.1, -0.05) is 36.9 Å². The van der Waals surface area contributed by atoms with Gasteiger partial charge in [0.1, 0.15) is 0 Å². The quantitative estimate of drug-likeness (QED) is 0.471. The number of aromatic amines is 1. The Morgan fingerprint density at radius 2 is 1.81 bits per heavy atom. The molecule has 0 fully saturated rings. The molecular formula is C15H12N6O4S2. The average molecular weight is 404 g/mol. The number of hydrogen-bond donors (Lipinski definition) is 4. The smallest absolute Gasteiger partial charge is 0.282 e. The summed E-state index contributed by atoms with van der Waals surface area (Å²) in [6.45, 7) is 0. The molecule has 2 aromatic carbocycles. The lowest BCUT2D eigenvalue weighted by molar-refractivity contribution is 0.0969. The predicted molar refractivity (Wildman–Crippen MR) is 98.3 cm³/mol. The van der Waals surface area contributed by atoms with Crippen LogP contribution in [0.1, 0.15) is 10.4 Å². The highest BCUT2D eigenvalue weighted by Crippen LogP contribution is 2.34. The molecular weight excluding hydrogens is 392 g/mol. The third-order valence-corrected chi connectivity index (χ3v) is 4.65. The van der Waals surface area contributed by atoms with Crippen molar-refractivity contribution in [2.24, 2.45) is 5.14 Å². The van der Waals surface area contributed by atoms with E-state index in [9.17, 15) is 18.0 Å². The van der Waals surface area contributed by atoms with Crippen molar-refractivity contribution in [1.29, 1.82) is 0 Å². The van der Waals surface area contributed by atoms with E-state index in [1.54, 1.807) is 18.2 Å². The average Bonchev–Trinajstić information content (AvgIpc) is 3.14. The maximum absolute atomic E-state index is 12.0. The van der Waals surface area contributed by atoms with Gasteiger partial charge < -0.3 is 0 Å². The van der Waals surface area contributed by atoms with Gasteiger partial charge in [0.15, 0.2) is 0 Å². The summed E-state index contributed by atoms with van der Waals surface area (Å²) < 4.78 is 24.0. The number of aromatic nitrogens is 4. The Bertz CT molecular complexity index is 1110. The van der Waals surface area contributed by atoms with Gasteiger partial charge >= 0.3 is 0 Å². The van der Waals surface area contributed by atoms with E-state index < -0.39 is 21.2 Å². The van der Waals surface area contributed by atoms with Crippen LogP contribution in [0.2, 0.25) is 0 Å². The van der Waals surface area contributed by atoms with Crippen LogP contribution in [-0.2, 0) is 10.0 Å². The SMILES string of the molecule is NS(=O)(=O)c1cccc(-c2ccc(C(=O)NC(=O)S)cc2)c1-c1nn[nH]n1. The summed E-state index contributed by atoms with van der Waals surface area (Å²) in [7, 11) is -4.06. The Balaban J connectivity index is 2.12. The molecule has 27 heavy (non-hydrogen) atoms. The Hall–Kier alpha value is -3.09. The van der Waals surface area contributed by atoms with Gasteiger partial charge in [-0.2, -0.15) is 5.21 Å². The molecule has 1 aromatic heterocycles. The van der Waals surface area contributed by atoms with Gasteiger partial charge in [0.25, 0.3) is 11.1 Å². The van der Waals surface area contributed by atoms with E-state index >= 15 is 0 Å². The fourth-order valence-electron chi connectivity index (χ4n) is 2.48. The van der Waals surface area contributed by atoms with Crippen LogP contribution in [0.4, 0.5) is 4.79 Å². The van der Waals surface area contributed by atoms with Crippen molar-refractivity contribution in [2.45, 2.75) is 4.90 Å². The molecule has 12 heteroatoms. The zero-order valence-electron chi connectivity index (χ0n) is 13.4. The first kappa shape index (κ1) is 18.7. The van der Waals surface area contributed by atoms with Gasteiger partial charge in [-0.25, -0.2) is 13.6 Å². The molecule has 0 aliphatic carbocycles. The van der Waals surface area contributed by atoms with Crippen molar-refractivity contribution in [1.82, 2.24) is 25.9 Å². The predicted octanol–water partition coefficient (Wildman–Crippen LogP) is 0.961. The number of carbonyl (C=O) groups excluding carboxylic acids is 2. The third-order valence-electron chi connectivity index (χ3n) is 3.58. The lowest BCUT2D eigenvalue weighted by Gasteiger charge is -2.11. The van der Waals surface area contributed by atoms with Crippen molar-refractivity contribution in [3.63, 3.8) is 0 Å². The fourth-order valence-corrected chi connectivity index (χ4v) is 3.33. The van der Waals surface area contributed by atoms with Crippen molar-refractivity contribution in [2.75, 3.05) is 0 Å². The number of amides is 2. The number of H-pyrrole nitrogens is 1. The fraction of sp³-hybridized carbons (Fsp3) is 0. The Kier molecular flexibility index (Phi) is 5.03. The number of imide groups is 1. The van der Waals surface area contributed by atoms with Gasteiger partial charge in [-0.3, -0.25) is 14.9 Å². The first-order valence-corrected chi connectivity index (χ1v) is 9.31. The number of nitrogens with one attached hydrogen (secondary N) is 2. The minimum absolute atomic E-state index is 0.0529. The number of carbonyl (C=O) groups is 2. The van der Waals surface area contributed by atoms with Crippen molar-refractivity contribution < 1.29 is 18.0 Å². The summed E-state index contributed by atoms with van der Waals surface area (Å²) in [6, 6.07) is 10.7. The summed E-state index contributed by atoms with van der Waals surface area (Å²) >= 11 is 3.49. The Labute approximate surface area is 158 Å². The van der Waals surface area contributed by atoms with E-state index in [2.05, 4.69) is 33.3 Å². The number of sulfonamides is 1. The monoisotopic (exact) mass is 404 g/mol. The Morgan fingerprint density at radius 1 is 1.11 bits per heavy atom. The molecule has 2 amide bonds. The van der Waals surface area contributed by atoms with Crippen molar-refractivity contribution >= 4 is 33.8 Å². The first-order chi connectivity index (χ1) is 12.8. The summed E-state index contributed by atoms with van der Waals surface area (Å²) in [5.74, 6) is -0.560. The minimum atomic E-state index is -4.06. The van der Waals surface area contributed by atoms with E-state index in [0.29, 0.717) is 11.1 Å². The molecule has 138 valence electrons. The number of primary sulfonamides is 1. The summed E-state index contributed by atoms with van der Waals surface area (Å²) in [5.41, 5.74) is 1.45. The van der Waals surface area contributed by atoms with E-state index in [1.165, 1.54) is 24.3 Å². The maximum atomic E-state index is 12.0. The van der Waals surface area contributed by atoms with Crippen molar-refractivity contribution in [3.05, 3.63) is 48.0 Å². The molecule has 1 heterocycles. The van der Waals surface area contributed by atoms with E-state index in [4.69, 9.17) is 5.14 Å². The molecule has 3 rings (SSSR count). The van der Waals surface area contributed by atoms with E-state index in [1.807, 2.05) is 5.32 Å². The lowest BCUT2D eigenvalue weighted by atomic mass is 9.98. The molecule has 4 N–H and O–H groups in total. The molecule has 0 saturated heterocycles. The molecule has 0 unspecified atom stereocenters. The largest absolute Gasteiger partial charge is 0.283 e. The number of thiol groups is 1. The number of hydrogen-bond acceptors (Lipinski definition) is 7. The standard InChI is InChI=1S/C15H12N6O4S2/c16-27(24,25)11-3-1-2-10(12(11)13-18-20-21-19-13)8-4-6-9(7-5-8)14(22)17-15(23)26/h1-7H,(H2,16,24,25)(H2,17,22,23,26)(H,18,19,20,21). The van der Waals surface area contributed by atoms with E-state index in [-0.39, 0.29) is 21.8 Å². The molecule has 0 bridgehead atoms. The van der Waals surface area contributed by atoms with Crippen LogP contribution >= 0.6 is 12.6 Å². The topological polar surface area (TPSA) is 161 Å². The first-order valence-electron chi connectivity index (χ1n) is 7.31. The van der Waals surface area contributed by atoms with Crippen LogP contribution in [0.15, 0.2) is 47.4 Å². The second kappa shape index (κ2) is 7.26. The molecule has 0 saturated carbocycles. The van der Waals surface area contributed by atoms with Gasteiger partial charge in [0, 0.05) is 5.56 Å². The molecule has 0 aliphatic heterocycles. The van der Waals surface area contributed by atoms with E-state index in [0.717, 1.165) is 0 Å². The third kappa shape index (κ3) is 4.02. The summed E-state index contributed by atoms with van der Waals surface area (Å²) in [5, 5.41) is 20.0. The van der Waals surface area contributed by atoms with Crippen molar-refractivity contribution in [3.8, 4) is 22.5 Å². The number of tetrazole rings is 1. The van der Waals surface area contributed by atoms with Crippen LogP contribution in [0, 0.1) is 0 Å². The maximum Gasteiger partial charge on any atom is 0.282 e. The number of nitrogens with zero attached hydrogens (tertiary/aromatic N) is 3. The summed E-state index contributed by atoms with van der Waals surface area (Å²) in [4.78, 5) is 22.5. The zero-order valence-corrected chi connectivity index (χ0v) is 15.2. The number of nitrogens with two attached hydrogens (primary N) is 1. The molecule has 0 radical (unpaired) electrons. The second-order valence-electron chi connectivity index (χ2n) is 5.30.